The van der Waals surface area contributed by atoms with Crippen LogP contribution in [0.5, 0.6) is 0 Å². The van der Waals surface area contributed by atoms with Gasteiger partial charge in [-0.25, -0.2) is 0 Å². The molecule has 0 radical (unpaired) electrons. The molecule has 0 aliphatic carbocycles. The zero-order valence-corrected chi connectivity index (χ0v) is 9.64. The smallest absolute Gasteiger partial charge is 0.320 e. The average molecular weight is 236 g/mol. The molecular weight excluding hydrogens is 220 g/mol. The van der Waals surface area contributed by atoms with E-state index >= 15 is 0 Å². The maximum Gasteiger partial charge on any atom is 0.320 e. The maximum absolute atomic E-state index is 11.1. The number of aliphatic carboxylic acids is 1. The lowest BCUT2D eigenvalue weighted by Gasteiger charge is -2.08. The average Bonchev–Trinajstić information content (AvgIpc) is 2.31. The number of carbonyl (C=O) groups excluding carboxylic acids is 1. The van der Waals surface area contributed by atoms with Gasteiger partial charge < -0.3 is 16.2 Å². The fraction of sp³-hybridized carbons (Fsp3) is 0.333. The van der Waals surface area contributed by atoms with E-state index in [1.165, 1.54) is 0 Å². The van der Waals surface area contributed by atoms with Crippen molar-refractivity contribution in [2.75, 3.05) is 5.32 Å². The van der Waals surface area contributed by atoms with Crippen molar-refractivity contribution in [1.29, 1.82) is 0 Å². The molecule has 5 nitrogen and oxygen atoms in total. The molecule has 1 rings (SSSR count). The Morgan fingerprint density at radius 2 is 1.94 bits per heavy atom. The highest BCUT2D eigenvalue weighted by atomic mass is 16.4. The first-order chi connectivity index (χ1) is 8.02. The predicted molar refractivity (Wildman–Crippen MR) is 64.7 cm³/mol. The Balaban J connectivity index is 2.62. The van der Waals surface area contributed by atoms with E-state index in [2.05, 4.69) is 5.32 Å². The highest BCUT2D eigenvalue weighted by Gasteiger charge is 2.11. The molecule has 0 bridgehead atoms. The first kappa shape index (κ1) is 13.2. The second-order valence-corrected chi connectivity index (χ2v) is 3.75. The molecule has 0 saturated heterocycles. The minimum absolute atomic E-state index is 0.0556. The summed E-state index contributed by atoms with van der Waals surface area (Å²) in [5.74, 6) is -1.08. The molecule has 0 aliphatic heterocycles. The molecule has 5 heteroatoms. The molecule has 1 amide bonds. The number of hydrogen-bond donors (Lipinski definition) is 3. The molecule has 4 N–H and O–H groups in total. The van der Waals surface area contributed by atoms with Crippen LogP contribution in [0.2, 0.25) is 0 Å². The van der Waals surface area contributed by atoms with E-state index in [0.29, 0.717) is 12.1 Å². The number of benzene rings is 1. The van der Waals surface area contributed by atoms with Gasteiger partial charge in [0, 0.05) is 12.1 Å². The molecule has 0 aliphatic rings. The van der Waals surface area contributed by atoms with E-state index < -0.39 is 12.0 Å². The summed E-state index contributed by atoms with van der Waals surface area (Å²) in [6.45, 7) is 1.77. The zero-order valence-electron chi connectivity index (χ0n) is 9.64. The number of nitrogens with two attached hydrogens (primary N) is 1. The maximum atomic E-state index is 11.1. The Morgan fingerprint density at radius 1 is 1.35 bits per heavy atom. The van der Waals surface area contributed by atoms with Crippen LogP contribution in [-0.2, 0) is 16.0 Å². The van der Waals surface area contributed by atoms with Crippen LogP contribution in [0.3, 0.4) is 0 Å². The quantitative estimate of drug-likeness (QED) is 0.710. The number of amides is 1. The number of carbonyl (C=O) groups is 2. The summed E-state index contributed by atoms with van der Waals surface area (Å²) in [6.07, 6.45) is 0.697. The standard InChI is InChI=1S/C12H16N2O3/c1-2-11(15)14-9-5-3-8(4-6-9)7-10(13)12(16)17/h3-6,10H,2,7,13H2,1H3,(H,14,15)(H,16,17). The Hall–Kier alpha value is -1.88. The number of hydrogen-bond acceptors (Lipinski definition) is 3. The van der Waals surface area contributed by atoms with E-state index in [1.807, 2.05) is 0 Å². The number of carboxylic acids is 1. The largest absolute Gasteiger partial charge is 0.480 e. The lowest BCUT2D eigenvalue weighted by molar-refractivity contribution is -0.138. The van der Waals surface area contributed by atoms with E-state index in [9.17, 15) is 9.59 Å². The number of anilines is 1. The van der Waals surface area contributed by atoms with Gasteiger partial charge in [-0.15, -0.1) is 0 Å². The topological polar surface area (TPSA) is 92.4 Å². The fourth-order valence-corrected chi connectivity index (χ4v) is 1.31. The van der Waals surface area contributed by atoms with Crippen molar-refractivity contribution >= 4 is 17.6 Å². The molecule has 1 aromatic rings. The van der Waals surface area contributed by atoms with Crippen LogP contribution in [-0.4, -0.2) is 23.0 Å². The Kier molecular flexibility index (Phi) is 4.66. The van der Waals surface area contributed by atoms with Gasteiger partial charge >= 0.3 is 5.97 Å². The van der Waals surface area contributed by atoms with E-state index in [0.717, 1.165) is 5.56 Å². The van der Waals surface area contributed by atoms with Gasteiger partial charge in [-0.3, -0.25) is 9.59 Å². The highest BCUT2D eigenvalue weighted by Crippen LogP contribution is 2.11. The monoisotopic (exact) mass is 236 g/mol. The van der Waals surface area contributed by atoms with Crippen LogP contribution < -0.4 is 11.1 Å². The summed E-state index contributed by atoms with van der Waals surface area (Å²) in [4.78, 5) is 21.7. The van der Waals surface area contributed by atoms with Gasteiger partial charge in [-0.1, -0.05) is 19.1 Å². The van der Waals surface area contributed by atoms with Gasteiger partial charge in [-0.2, -0.15) is 0 Å². The van der Waals surface area contributed by atoms with Gasteiger partial charge in [0.2, 0.25) is 5.91 Å². The summed E-state index contributed by atoms with van der Waals surface area (Å²) in [5.41, 5.74) is 6.95. The van der Waals surface area contributed by atoms with Crippen LogP contribution in [0.4, 0.5) is 5.69 Å². The third kappa shape index (κ3) is 4.24. The van der Waals surface area contributed by atoms with Crippen LogP contribution in [0.1, 0.15) is 18.9 Å². The van der Waals surface area contributed by atoms with Gasteiger partial charge in [0.1, 0.15) is 6.04 Å². The Morgan fingerprint density at radius 3 is 2.41 bits per heavy atom. The minimum Gasteiger partial charge on any atom is -0.480 e. The van der Waals surface area contributed by atoms with Gasteiger partial charge in [0.05, 0.1) is 0 Å². The van der Waals surface area contributed by atoms with Crippen molar-refractivity contribution in [2.45, 2.75) is 25.8 Å². The molecule has 1 atom stereocenters. The lowest BCUT2D eigenvalue weighted by atomic mass is 10.1. The number of carboxylic acid groups (broad SMARTS) is 1. The second kappa shape index (κ2) is 6.00. The molecule has 17 heavy (non-hydrogen) atoms. The van der Waals surface area contributed by atoms with Crippen molar-refractivity contribution < 1.29 is 14.7 Å². The van der Waals surface area contributed by atoms with Crippen LogP contribution >= 0.6 is 0 Å². The molecule has 0 saturated carbocycles. The lowest BCUT2D eigenvalue weighted by Crippen LogP contribution is -2.32. The number of nitrogens with one attached hydrogen (secondary N) is 1. The second-order valence-electron chi connectivity index (χ2n) is 3.75. The van der Waals surface area contributed by atoms with Crippen molar-refractivity contribution in [1.82, 2.24) is 0 Å². The molecule has 0 aromatic heterocycles. The van der Waals surface area contributed by atoms with Gasteiger partial charge in [0.25, 0.3) is 0 Å². The summed E-state index contributed by atoms with van der Waals surface area (Å²) in [7, 11) is 0. The predicted octanol–water partition coefficient (Wildman–Crippen LogP) is 0.989. The first-order valence-electron chi connectivity index (χ1n) is 5.40. The molecule has 1 aromatic carbocycles. The summed E-state index contributed by atoms with van der Waals surface area (Å²) in [5, 5.41) is 11.4. The van der Waals surface area contributed by atoms with Gasteiger partial charge in [0.15, 0.2) is 0 Å². The summed E-state index contributed by atoms with van der Waals surface area (Å²) >= 11 is 0. The molecule has 0 spiro atoms. The van der Waals surface area contributed by atoms with E-state index in [-0.39, 0.29) is 12.3 Å². The molecule has 92 valence electrons. The normalized spacial score (nSPS) is 11.9. The Bertz CT molecular complexity index is 401. The van der Waals surface area contributed by atoms with Crippen molar-refractivity contribution in [3.8, 4) is 0 Å². The van der Waals surface area contributed by atoms with Crippen LogP contribution in [0, 0.1) is 0 Å². The number of rotatable bonds is 5. The van der Waals surface area contributed by atoms with Crippen molar-refractivity contribution in [3.63, 3.8) is 0 Å². The fourth-order valence-electron chi connectivity index (χ4n) is 1.31. The minimum atomic E-state index is -1.02. The third-order valence-electron chi connectivity index (χ3n) is 2.33. The van der Waals surface area contributed by atoms with Crippen molar-refractivity contribution in [3.05, 3.63) is 29.8 Å². The molecular formula is C12H16N2O3. The third-order valence-corrected chi connectivity index (χ3v) is 2.33. The molecule has 1 unspecified atom stereocenters. The SMILES string of the molecule is CCC(=O)Nc1ccc(CC(N)C(=O)O)cc1. The van der Waals surface area contributed by atoms with Crippen LogP contribution in [0.15, 0.2) is 24.3 Å². The van der Waals surface area contributed by atoms with E-state index in [4.69, 9.17) is 10.8 Å². The van der Waals surface area contributed by atoms with Crippen molar-refractivity contribution in [2.24, 2.45) is 5.73 Å². The Labute approximate surface area is 99.6 Å². The molecule has 0 fully saturated rings. The van der Waals surface area contributed by atoms with E-state index in [1.54, 1.807) is 31.2 Å². The zero-order chi connectivity index (χ0) is 12.8. The highest BCUT2D eigenvalue weighted by molar-refractivity contribution is 5.90. The first-order valence-corrected chi connectivity index (χ1v) is 5.40. The summed E-state index contributed by atoms with van der Waals surface area (Å²) < 4.78 is 0. The van der Waals surface area contributed by atoms with Gasteiger partial charge in [-0.05, 0) is 24.1 Å². The summed E-state index contributed by atoms with van der Waals surface area (Å²) in [6, 6.07) is 6.09. The molecule has 0 heterocycles. The van der Waals surface area contributed by atoms with Crippen LogP contribution in [0.25, 0.3) is 0 Å².